The van der Waals surface area contributed by atoms with E-state index in [1.807, 2.05) is 67.5 Å². The van der Waals surface area contributed by atoms with Crippen LogP contribution in [0.25, 0.3) is 0 Å². The van der Waals surface area contributed by atoms with Gasteiger partial charge in [0.25, 0.3) is 11.8 Å². The van der Waals surface area contributed by atoms with Crippen LogP contribution in [0.1, 0.15) is 127 Å². The third kappa shape index (κ3) is 31.3. The summed E-state index contributed by atoms with van der Waals surface area (Å²) in [6, 6.07) is 1.33. The number of aliphatic hydroxyl groups is 2. The maximum atomic E-state index is 13.6. The number of nitrogens with one attached hydrogen (secondary N) is 2. The lowest BCUT2D eigenvalue weighted by Gasteiger charge is -2.29. The number of quaternary nitrogens is 2. The van der Waals surface area contributed by atoms with Crippen LogP contribution in [-0.4, -0.2) is 138 Å². The number of primary amides is 2. The van der Waals surface area contributed by atoms with Crippen LogP contribution in [0.2, 0.25) is 0 Å². The number of halogens is 3. The number of anilines is 1. The van der Waals surface area contributed by atoms with Crippen LogP contribution in [0, 0.1) is 35.5 Å². The van der Waals surface area contributed by atoms with E-state index in [1.54, 1.807) is 81.7 Å². The Labute approximate surface area is 583 Å². The molecule has 26 heteroatoms. The summed E-state index contributed by atoms with van der Waals surface area (Å²) >= 11 is 4.94. The first kappa shape index (κ1) is 90.9. The van der Waals surface area contributed by atoms with Gasteiger partial charge in [-0.25, -0.2) is 9.59 Å². The Hall–Kier alpha value is -7.19. The molecule has 2 aliphatic heterocycles. The number of allylic oxidation sites excluding steroid dienone is 8. The van der Waals surface area contributed by atoms with E-state index in [0.29, 0.717) is 89.8 Å². The molecule has 2 heterocycles. The summed E-state index contributed by atoms with van der Waals surface area (Å²) in [5, 5.41) is 62.4. The van der Waals surface area contributed by atoms with E-state index in [2.05, 4.69) is 23.8 Å². The Bertz CT molecular complexity index is 3050. The molecule has 23 nitrogen and oxygen atoms in total. The molecule has 0 saturated carbocycles. The zero-order valence-corrected chi connectivity index (χ0v) is 60.2. The van der Waals surface area contributed by atoms with Gasteiger partial charge in [-0.1, -0.05) is 110 Å². The Kier molecular flexibility index (Phi) is 44.4. The highest BCUT2D eigenvalue weighted by molar-refractivity contribution is 6.63. The summed E-state index contributed by atoms with van der Waals surface area (Å²) in [6.45, 7) is 28.0. The number of likely N-dealkylation sites (N-methyl/N-ethyl adjacent to an activating group) is 1. The van der Waals surface area contributed by atoms with Gasteiger partial charge < -0.3 is 94.4 Å². The number of aromatic hydroxyl groups is 2. The molecule has 96 heavy (non-hydrogen) atoms. The molecule has 1 aliphatic carbocycles. The summed E-state index contributed by atoms with van der Waals surface area (Å²) in [6.07, 6.45) is 15.8. The third-order valence-corrected chi connectivity index (χ3v) is 15.9. The number of rotatable bonds is 14. The second-order valence-electron chi connectivity index (χ2n) is 24.0. The minimum Gasteiger partial charge on any atom is -1.00 e. The van der Waals surface area contributed by atoms with Gasteiger partial charge in [0.1, 0.15) is 24.5 Å². The number of carbonyl (C=O) groups is 8. The van der Waals surface area contributed by atoms with Crippen molar-refractivity contribution in [3.63, 3.8) is 0 Å². The number of hydrogen-bond donors (Lipinski definition) is 10. The summed E-state index contributed by atoms with van der Waals surface area (Å²) < 4.78 is 22.2. The first-order chi connectivity index (χ1) is 44.1. The molecule has 538 valence electrons. The molecule has 0 aromatic heterocycles. The smallest absolute Gasteiger partial charge is 0.405 e. The Balaban J connectivity index is 0. The van der Waals surface area contributed by atoms with Crippen molar-refractivity contribution in [3.8, 4) is 11.5 Å². The quantitative estimate of drug-likeness (QED) is 0.0316. The predicted octanol–water partition coefficient (Wildman–Crippen LogP) is 3.86. The maximum absolute atomic E-state index is 13.6. The van der Waals surface area contributed by atoms with Crippen molar-refractivity contribution in [2.45, 2.75) is 164 Å². The number of methoxy groups -OCH3 is 2. The molecule has 0 unspecified atom stereocenters. The zero-order chi connectivity index (χ0) is 71.7. The number of nitrogens with two attached hydrogens (primary N) is 4. The number of carboxylic acids is 1. The van der Waals surface area contributed by atoms with Crippen LogP contribution in [0.5, 0.6) is 11.5 Å². The molecule has 1 aromatic rings. The van der Waals surface area contributed by atoms with E-state index in [4.69, 9.17) is 42.0 Å². The van der Waals surface area contributed by atoms with E-state index >= 15 is 0 Å². The number of ether oxygens (including phenoxy) is 4. The number of ketones is 2. The van der Waals surface area contributed by atoms with Crippen molar-refractivity contribution in [1.82, 2.24) is 5.32 Å². The van der Waals surface area contributed by atoms with E-state index < -0.39 is 72.4 Å². The zero-order valence-electron chi connectivity index (χ0n) is 57.9. The third-order valence-electron chi connectivity index (χ3n) is 15.7. The average Bonchev–Trinajstić information content (AvgIpc) is 0.852. The predicted molar refractivity (Wildman–Crippen MR) is 367 cm³/mol. The number of benzene rings is 1. The topological polar surface area (TPSA) is 387 Å². The van der Waals surface area contributed by atoms with Crippen LogP contribution in [0.15, 0.2) is 125 Å². The van der Waals surface area contributed by atoms with Gasteiger partial charge in [-0.2, -0.15) is 0 Å². The average molecular weight is 1410 g/mol. The molecule has 3 aliphatic rings. The van der Waals surface area contributed by atoms with Crippen molar-refractivity contribution in [2.75, 3.05) is 39.7 Å². The lowest BCUT2D eigenvalue weighted by molar-refractivity contribution is -0.622. The summed E-state index contributed by atoms with van der Waals surface area (Å²) in [5.74, 6) is -4.54. The molecule has 0 fully saturated rings. The van der Waals surface area contributed by atoms with Gasteiger partial charge in [-0.05, 0) is 113 Å². The maximum Gasteiger partial charge on any atom is 0.405 e. The van der Waals surface area contributed by atoms with E-state index in [1.165, 1.54) is 31.7 Å². The lowest BCUT2D eigenvalue weighted by Crippen LogP contribution is -3.00. The van der Waals surface area contributed by atoms with Gasteiger partial charge in [0, 0.05) is 78.7 Å². The highest BCUT2D eigenvalue weighted by Gasteiger charge is 2.34. The minimum atomic E-state index is -1.02. The molecule has 1 aromatic carbocycles. The molecule has 4 rings (SSSR count). The SMILES string of the molecule is C=CCCC1=C2C[C@@H](C)C[C@H](OC)[C@H](O)[C@@H](C)/C=C(\C)[C@H](OC(N)=O)[C@@H](C)/C=C\C=C(/C)C(=O)NC(=CC1=O)C2=O.C=CC[NH2+]c1c(O)cc2c(O)c1C[C@@H](C)C[C@H](OC)[C@H](O)[C@@H](C)/C=C(\C)[C@H](OC(N)=O)[C@@H](C)/C=C\C=C(/C)C(=O)N2.CCCC(=O)Cl.C[NH2+]CC(=O)[O-].Cl.[Cl-]. The van der Waals surface area contributed by atoms with Gasteiger partial charge in [-0.15, -0.1) is 19.0 Å². The van der Waals surface area contributed by atoms with Crippen molar-refractivity contribution >= 4 is 82.2 Å². The van der Waals surface area contributed by atoms with E-state index in [-0.39, 0.29) is 107 Å². The summed E-state index contributed by atoms with van der Waals surface area (Å²) in [7, 11) is 4.72. The molecule has 0 spiro atoms. The molecular formula is C70H105Cl3N6O17. The number of aliphatic hydroxyl groups excluding tert-OH is 2. The van der Waals surface area contributed by atoms with Crippen molar-refractivity contribution in [2.24, 2.45) is 47.0 Å². The number of carboxylic acid groups (broad SMARTS) is 1. The standard InChI is InChI=1S/C32H44N2O7.C31H45N3O7.C4H7ClO.C3H7NO2.2ClH/c1-8-9-13-23-24-14-18(2)15-27(40-7)28(36)21(5)16-22(6)30(41-32(33)39)19(3)11-10-12-20(4)31(38)34-25(29(24)37)17-26(23)35;1-8-12-33-26-22-13-17(2)14-25(40-7)27(36)20(5)15-21(6)29(41-31(32)39)18(3)10-9-11-19(4)30(38)34-23(28(22)37)16-24(26)35;1-2-3-4(5)6;1-4-2-3(5)6;;/h8,10-12,16-19,21,27-28,30,36H,1,9,13-15H2,2-7H3,(H2,33,39)(H,34,38);8-11,15-18,20,25,27,29,33,35-37H,1,12-14H2,2-7H3,(H2,32,39)(H,34,38);2-3H2,1H3;4H,2H2,1H3,(H,5,6);2*1H/b11-10-,20-12+,22-16+;10-9-,19-11+,21-15+;;;;/t18-,19+,21+,27+,28-,30-;17-,18+,20+,25+,27-,29-;;;;/m11..../s1. The van der Waals surface area contributed by atoms with Crippen LogP contribution in [0.4, 0.5) is 21.0 Å². The minimum absolute atomic E-state index is 0. The molecule has 4 bridgehead atoms. The van der Waals surface area contributed by atoms with Crippen LogP contribution in [-0.2, 0) is 54.1 Å². The fourth-order valence-electron chi connectivity index (χ4n) is 10.7. The highest BCUT2D eigenvalue weighted by Crippen LogP contribution is 2.41. The number of aliphatic carboxylic acids is 1. The van der Waals surface area contributed by atoms with Gasteiger partial charge in [-0.3, -0.25) is 24.0 Å². The van der Waals surface area contributed by atoms with Crippen LogP contribution in [0.3, 0.4) is 0 Å². The normalized spacial score (nSPS) is 27.5. The van der Waals surface area contributed by atoms with E-state index in [9.17, 15) is 63.9 Å². The number of amides is 4. The molecule has 0 saturated heterocycles. The van der Waals surface area contributed by atoms with Crippen LogP contribution >= 0.6 is 24.0 Å². The monoisotopic (exact) mass is 1410 g/mol. The largest absolute Gasteiger partial charge is 1.00 e. The summed E-state index contributed by atoms with van der Waals surface area (Å²) in [5.41, 5.74) is 14.5. The Morgan fingerprint density at radius 1 is 0.760 bits per heavy atom. The van der Waals surface area contributed by atoms with Crippen molar-refractivity contribution < 1.29 is 106 Å². The fourth-order valence-corrected chi connectivity index (χ4v) is 10.9. The number of phenols is 2. The summed E-state index contributed by atoms with van der Waals surface area (Å²) in [4.78, 5) is 95.2. The van der Waals surface area contributed by atoms with Crippen molar-refractivity contribution in [1.29, 1.82) is 0 Å². The number of fused-ring (bicyclic) bond motifs is 4. The second-order valence-corrected chi connectivity index (χ2v) is 24.4. The van der Waals surface area contributed by atoms with Gasteiger partial charge in [0.05, 0.1) is 60.9 Å². The Morgan fingerprint density at radius 3 is 1.61 bits per heavy atom. The number of carbonyl (C=O) groups excluding carboxylic acids is 8. The first-order valence-electron chi connectivity index (χ1n) is 31.5. The van der Waals surface area contributed by atoms with Gasteiger partial charge >= 0.3 is 12.2 Å². The van der Waals surface area contributed by atoms with Gasteiger partial charge in [0.15, 0.2) is 17.2 Å². The fraction of sp³-hybridized carbons (Fsp3) is 0.514. The lowest BCUT2D eigenvalue weighted by atomic mass is 9.82. The van der Waals surface area contributed by atoms with Gasteiger partial charge in [0.2, 0.25) is 11.0 Å². The second kappa shape index (κ2) is 46.9. The number of hydrogen-bond acceptors (Lipinski definition) is 17. The molecule has 0 radical (unpaired) electrons. The number of Topliss-reactive ketones (excluding diaryl/α,β-unsaturated/α-hetero) is 1. The Morgan fingerprint density at radius 2 is 1.23 bits per heavy atom. The van der Waals surface area contributed by atoms with E-state index in [0.717, 1.165) is 6.42 Å². The van der Waals surface area contributed by atoms with Crippen molar-refractivity contribution in [3.05, 3.63) is 131 Å². The molecule has 4 amide bonds. The van der Waals surface area contributed by atoms with Crippen LogP contribution < -0.4 is 50.2 Å². The highest BCUT2D eigenvalue weighted by atomic mass is 35.5. The molecule has 14 N–H and O–H groups in total. The molecular weight excluding hydrogens is 1300 g/mol. The number of phenolic OH excluding ortho intramolecular Hbond substituents is 2. The first-order valence-corrected chi connectivity index (χ1v) is 31.9. The molecule has 12 atom stereocenters.